The Kier molecular flexibility index (Phi) is 6.87. The number of aromatic amines is 1. The number of aromatic nitrogens is 2. The highest BCUT2D eigenvalue weighted by Gasteiger charge is 2.18. The molecule has 31 heavy (non-hydrogen) atoms. The third kappa shape index (κ3) is 5.85. The molecule has 164 valence electrons. The summed E-state index contributed by atoms with van der Waals surface area (Å²) in [6, 6.07) is 14.4. The lowest BCUT2D eigenvalue weighted by Gasteiger charge is -2.14. The molecule has 0 aliphatic carbocycles. The zero-order chi connectivity index (χ0) is 21.6. The number of nitrogens with one attached hydrogen (secondary N) is 1. The smallest absolute Gasteiger partial charge is 0.226 e. The lowest BCUT2D eigenvalue weighted by Crippen LogP contribution is -2.29. The van der Waals surface area contributed by atoms with Crippen LogP contribution in [0.5, 0.6) is 5.75 Å². The first-order valence-electron chi connectivity index (χ1n) is 11.2. The van der Waals surface area contributed by atoms with Crippen molar-refractivity contribution in [1.82, 2.24) is 19.8 Å². The molecule has 2 heterocycles. The van der Waals surface area contributed by atoms with Crippen LogP contribution in [0.2, 0.25) is 0 Å². The topological polar surface area (TPSA) is 61.5 Å². The van der Waals surface area contributed by atoms with Crippen LogP contribution in [0.1, 0.15) is 36.2 Å². The van der Waals surface area contributed by atoms with Gasteiger partial charge in [-0.2, -0.15) is 0 Å². The van der Waals surface area contributed by atoms with E-state index in [0.717, 1.165) is 73.5 Å². The van der Waals surface area contributed by atoms with Crippen molar-refractivity contribution in [2.24, 2.45) is 0 Å². The number of amides is 1. The minimum Gasteiger partial charge on any atom is -0.494 e. The molecule has 1 amide bonds. The minimum absolute atomic E-state index is 0.225. The molecule has 1 fully saturated rings. The standard InChI is InChI=1S/C25H32N4O2/c1-28(2)18-20-7-5-8-21(15-20)31-14-6-9-24-26-22-11-10-19(16-23(22)27-24)17-25(30)29-12-3-4-13-29/h5,7-8,10-11,15-16H,3-4,6,9,12-14,17-18H2,1-2H3,(H,26,27). The molecule has 1 N–H and O–H groups in total. The van der Waals surface area contributed by atoms with E-state index in [1.807, 2.05) is 29.2 Å². The van der Waals surface area contributed by atoms with Gasteiger partial charge in [-0.25, -0.2) is 4.98 Å². The average molecular weight is 421 g/mol. The predicted octanol–water partition coefficient (Wildman–Crippen LogP) is 3.80. The van der Waals surface area contributed by atoms with Gasteiger partial charge in [0, 0.05) is 26.1 Å². The molecule has 6 heteroatoms. The molecule has 3 aromatic rings. The molecule has 4 rings (SSSR count). The third-order valence-corrected chi connectivity index (χ3v) is 5.63. The number of benzene rings is 2. The van der Waals surface area contributed by atoms with Crippen molar-refractivity contribution >= 4 is 16.9 Å². The van der Waals surface area contributed by atoms with Crippen molar-refractivity contribution in [2.45, 2.75) is 38.6 Å². The van der Waals surface area contributed by atoms with Gasteiger partial charge >= 0.3 is 0 Å². The number of carbonyl (C=O) groups excluding carboxylic acids is 1. The molecule has 0 radical (unpaired) electrons. The van der Waals surface area contributed by atoms with E-state index in [9.17, 15) is 4.79 Å². The van der Waals surface area contributed by atoms with Crippen LogP contribution < -0.4 is 4.74 Å². The van der Waals surface area contributed by atoms with Crippen molar-refractivity contribution in [3.8, 4) is 5.75 Å². The van der Waals surface area contributed by atoms with Gasteiger partial charge in [-0.1, -0.05) is 18.2 Å². The highest BCUT2D eigenvalue weighted by atomic mass is 16.5. The van der Waals surface area contributed by atoms with Crippen LogP contribution in [0.4, 0.5) is 0 Å². The van der Waals surface area contributed by atoms with Crippen molar-refractivity contribution in [3.05, 3.63) is 59.4 Å². The van der Waals surface area contributed by atoms with E-state index < -0.39 is 0 Å². The van der Waals surface area contributed by atoms with Gasteiger partial charge in [0.05, 0.1) is 24.1 Å². The number of aryl methyl sites for hydroxylation is 1. The Labute approximate surface area is 184 Å². The molecule has 2 aromatic carbocycles. The zero-order valence-electron chi connectivity index (χ0n) is 18.6. The first kappa shape index (κ1) is 21.4. The van der Waals surface area contributed by atoms with Gasteiger partial charge in [0.15, 0.2) is 0 Å². The number of carbonyl (C=O) groups is 1. The van der Waals surface area contributed by atoms with Gasteiger partial charge in [-0.15, -0.1) is 0 Å². The number of hydrogen-bond acceptors (Lipinski definition) is 4. The summed E-state index contributed by atoms with van der Waals surface area (Å²) in [5.41, 5.74) is 4.24. The Morgan fingerprint density at radius 2 is 1.97 bits per heavy atom. The second kappa shape index (κ2) is 9.96. The Hall–Kier alpha value is -2.86. The minimum atomic E-state index is 0.225. The van der Waals surface area contributed by atoms with Crippen LogP contribution in [-0.4, -0.2) is 59.5 Å². The normalized spacial score (nSPS) is 14.0. The number of rotatable bonds is 9. The monoisotopic (exact) mass is 420 g/mol. The number of ether oxygens (including phenoxy) is 1. The zero-order valence-corrected chi connectivity index (χ0v) is 18.6. The van der Waals surface area contributed by atoms with Crippen LogP contribution in [0.25, 0.3) is 11.0 Å². The summed E-state index contributed by atoms with van der Waals surface area (Å²) < 4.78 is 5.93. The number of nitrogens with zero attached hydrogens (tertiary/aromatic N) is 3. The average Bonchev–Trinajstić information content (AvgIpc) is 3.40. The summed E-state index contributed by atoms with van der Waals surface area (Å²) in [4.78, 5) is 24.6. The number of likely N-dealkylation sites (tertiary alicyclic amines) is 1. The first-order chi connectivity index (χ1) is 15.1. The molecule has 0 bridgehead atoms. The maximum Gasteiger partial charge on any atom is 0.226 e. The lowest BCUT2D eigenvalue weighted by molar-refractivity contribution is -0.129. The molecule has 6 nitrogen and oxygen atoms in total. The summed E-state index contributed by atoms with van der Waals surface area (Å²) in [5.74, 6) is 2.10. The molecule has 0 unspecified atom stereocenters. The first-order valence-corrected chi connectivity index (χ1v) is 11.2. The third-order valence-electron chi connectivity index (χ3n) is 5.63. The van der Waals surface area contributed by atoms with Gasteiger partial charge in [-0.05, 0) is 68.8 Å². The van der Waals surface area contributed by atoms with Crippen LogP contribution in [0, 0.1) is 0 Å². The molecule has 0 atom stereocenters. The summed E-state index contributed by atoms with van der Waals surface area (Å²) in [5, 5.41) is 0. The fourth-order valence-corrected chi connectivity index (χ4v) is 4.12. The number of fused-ring (bicyclic) bond motifs is 1. The fraction of sp³-hybridized carbons (Fsp3) is 0.440. The summed E-state index contributed by atoms with van der Waals surface area (Å²) in [6.45, 7) is 3.36. The van der Waals surface area contributed by atoms with Gasteiger partial charge in [0.1, 0.15) is 11.6 Å². The second-order valence-electron chi connectivity index (χ2n) is 8.64. The Morgan fingerprint density at radius 1 is 1.13 bits per heavy atom. The highest BCUT2D eigenvalue weighted by molar-refractivity contribution is 5.82. The fourth-order valence-electron chi connectivity index (χ4n) is 4.12. The van der Waals surface area contributed by atoms with Gasteiger partial charge in [0.25, 0.3) is 0 Å². The number of H-pyrrole nitrogens is 1. The number of imidazole rings is 1. The molecule has 1 saturated heterocycles. The van der Waals surface area contributed by atoms with Gasteiger partial charge in [-0.3, -0.25) is 4.79 Å². The summed E-state index contributed by atoms with van der Waals surface area (Å²) >= 11 is 0. The molecule has 0 saturated carbocycles. The van der Waals surface area contributed by atoms with Crippen molar-refractivity contribution < 1.29 is 9.53 Å². The van der Waals surface area contributed by atoms with E-state index in [0.29, 0.717) is 13.0 Å². The predicted molar refractivity (Wildman–Crippen MR) is 123 cm³/mol. The quantitative estimate of drug-likeness (QED) is 0.535. The Balaban J connectivity index is 1.28. The molecule has 1 aliphatic heterocycles. The largest absolute Gasteiger partial charge is 0.494 e. The van der Waals surface area contributed by atoms with E-state index in [-0.39, 0.29) is 5.91 Å². The van der Waals surface area contributed by atoms with Crippen molar-refractivity contribution in [1.29, 1.82) is 0 Å². The van der Waals surface area contributed by atoms with E-state index in [1.165, 1.54) is 5.56 Å². The lowest BCUT2D eigenvalue weighted by atomic mass is 10.1. The van der Waals surface area contributed by atoms with Crippen molar-refractivity contribution in [3.63, 3.8) is 0 Å². The highest BCUT2D eigenvalue weighted by Crippen LogP contribution is 2.18. The summed E-state index contributed by atoms with van der Waals surface area (Å²) in [7, 11) is 4.13. The second-order valence-corrected chi connectivity index (χ2v) is 8.64. The SMILES string of the molecule is CN(C)Cc1cccc(OCCCc2nc3ccc(CC(=O)N4CCCC4)cc3[nH]2)c1. The van der Waals surface area contributed by atoms with Crippen LogP contribution in [0.3, 0.4) is 0 Å². The van der Waals surface area contributed by atoms with Gasteiger partial charge in [0.2, 0.25) is 5.91 Å². The maximum atomic E-state index is 12.4. The molecule has 1 aromatic heterocycles. The van der Waals surface area contributed by atoms with Crippen LogP contribution in [-0.2, 0) is 24.2 Å². The van der Waals surface area contributed by atoms with Crippen molar-refractivity contribution in [2.75, 3.05) is 33.8 Å². The van der Waals surface area contributed by atoms with Crippen LogP contribution in [0.15, 0.2) is 42.5 Å². The maximum absolute atomic E-state index is 12.4. The summed E-state index contributed by atoms with van der Waals surface area (Å²) in [6.07, 6.45) is 4.43. The molecule has 1 aliphatic rings. The molecular weight excluding hydrogens is 388 g/mol. The van der Waals surface area contributed by atoms with E-state index in [2.05, 4.69) is 47.2 Å². The number of hydrogen-bond donors (Lipinski definition) is 1. The van der Waals surface area contributed by atoms with E-state index >= 15 is 0 Å². The van der Waals surface area contributed by atoms with Gasteiger partial charge < -0.3 is 19.5 Å². The van der Waals surface area contributed by atoms with E-state index in [4.69, 9.17) is 4.74 Å². The van der Waals surface area contributed by atoms with E-state index in [1.54, 1.807) is 0 Å². The molecular formula is C25H32N4O2. The van der Waals surface area contributed by atoms with Crippen LogP contribution >= 0.6 is 0 Å². The Morgan fingerprint density at radius 3 is 2.77 bits per heavy atom. The molecule has 0 spiro atoms. The Bertz CT molecular complexity index is 1020.